The van der Waals surface area contributed by atoms with Crippen LogP contribution in [-0.2, 0) is 0 Å². The van der Waals surface area contributed by atoms with Crippen molar-refractivity contribution in [2.75, 3.05) is 25.6 Å². The average molecular weight is 315 g/mol. The van der Waals surface area contributed by atoms with Crippen LogP contribution < -0.4 is 10.1 Å². The maximum atomic E-state index is 8.87. The molecule has 2 N–H and O–H groups in total. The summed E-state index contributed by atoms with van der Waals surface area (Å²) in [6, 6.07) is 10.0. The van der Waals surface area contributed by atoms with Crippen LogP contribution in [0.25, 0.3) is 20.7 Å². The Morgan fingerprint density at radius 1 is 1.23 bits per heavy atom. The molecule has 3 rings (SSSR count). The molecule has 0 aliphatic heterocycles. The van der Waals surface area contributed by atoms with E-state index in [4.69, 9.17) is 9.84 Å². The maximum absolute atomic E-state index is 8.87. The molecular weight excluding hydrogens is 298 g/mol. The van der Waals surface area contributed by atoms with E-state index in [1.807, 2.05) is 24.3 Å². The van der Waals surface area contributed by atoms with Gasteiger partial charge in [0.2, 0.25) is 0 Å². The Morgan fingerprint density at radius 3 is 2.77 bits per heavy atom. The average Bonchev–Trinajstić information content (AvgIpc) is 3.00. The monoisotopic (exact) mass is 315 g/mol. The molecule has 0 saturated heterocycles. The van der Waals surface area contributed by atoms with Crippen molar-refractivity contribution in [2.45, 2.75) is 6.42 Å². The molecule has 5 nitrogen and oxygen atoms in total. The van der Waals surface area contributed by atoms with Crippen molar-refractivity contribution in [3.05, 3.63) is 36.7 Å². The van der Waals surface area contributed by atoms with Gasteiger partial charge in [0.15, 0.2) is 0 Å². The van der Waals surface area contributed by atoms with Crippen LogP contribution in [0.4, 0.5) is 5.82 Å². The second kappa shape index (κ2) is 6.72. The lowest BCUT2D eigenvalue weighted by molar-refractivity contribution is 0.292. The van der Waals surface area contributed by atoms with Gasteiger partial charge in [-0.25, -0.2) is 9.97 Å². The Balaban J connectivity index is 1.92. The molecule has 0 spiro atoms. The van der Waals surface area contributed by atoms with Crippen molar-refractivity contribution in [3.8, 4) is 16.2 Å². The van der Waals surface area contributed by atoms with E-state index in [1.165, 1.54) is 0 Å². The molecular formula is C16H17N3O2S. The lowest BCUT2D eigenvalue weighted by atomic mass is 10.2. The summed E-state index contributed by atoms with van der Waals surface area (Å²) < 4.78 is 6.22. The van der Waals surface area contributed by atoms with E-state index in [0.717, 1.165) is 32.2 Å². The highest BCUT2D eigenvalue weighted by atomic mass is 32.1. The van der Waals surface area contributed by atoms with E-state index >= 15 is 0 Å². The molecule has 0 saturated carbocycles. The fourth-order valence-electron chi connectivity index (χ4n) is 2.16. The molecule has 6 heteroatoms. The minimum atomic E-state index is 0.169. The molecule has 0 atom stereocenters. The molecule has 114 valence electrons. The van der Waals surface area contributed by atoms with Crippen LogP contribution in [0.15, 0.2) is 36.7 Å². The topological polar surface area (TPSA) is 67.3 Å². The highest BCUT2D eigenvalue weighted by molar-refractivity contribution is 7.22. The Morgan fingerprint density at radius 2 is 2.05 bits per heavy atom. The first-order valence-corrected chi connectivity index (χ1v) is 7.87. The zero-order valence-corrected chi connectivity index (χ0v) is 13.1. The van der Waals surface area contributed by atoms with Gasteiger partial charge < -0.3 is 15.2 Å². The summed E-state index contributed by atoms with van der Waals surface area (Å²) in [5, 5.41) is 12.1. The molecule has 0 unspecified atom stereocenters. The van der Waals surface area contributed by atoms with E-state index < -0.39 is 0 Å². The highest BCUT2D eigenvalue weighted by Crippen LogP contribution is 2.36. The van der Waals surface area contributed by atoms with Crippen molar-refractivity contribution < 1.29 is 9.84 Å². The zero-order valence-electron chi connectivity index (χ0n) is 12.2. The number of methoxy groups -OCH3 is 1. The second-order valence-corrected chi connectivity index (χ2v) is 5.83. The van der Waals surface area contributed by atoms with Crippen LogP contribution in [0.5, 0.6) is 5.75 Å². The van der Waals surface area contributed by atoms with Crippen molar-refractivity contribution in [1.82, 2.24) is 9.97 Å². The molecule has 3 aromatic rings. The summed E-state index contributed by atoms with van der Waals surface area (Å²) in [4.78, 5) is 9.78. The largest absolute Gasteiger partial charge is 0.497 e. The highest BCUT2D eigenvalue weighted by Gasteiger charge is 2.10. The quantitative estimate of drug-likeness (QED) is 0.684. The van der Waals surface area contributed by atoms with Crippen molar-refractivity contribution in [2.24, 2.45) is 0 Å². The number of nitrogens with zero attached hydrogens (tertiary/aromatic N) is 2. The number of aromatic nitrogens is 2. The number of benzene rings is 1. The number of aliphatic hydroxyl groups excluding tert-OH is 1. The minimum absolute atomic E-state index is 0.169. The van der Waals surface area contributed by atoms with E-state index in [1.54, 1.807) is 24.8 Å². The van der Waals surface area contributed by atoms with Crippen LogP contribution in [0, 0.1) is 0 Å². The van der Waals surface area contributed by atoms with E-state index in [2.05, 4.69) is 21.4 Å². The van der Waals surface area contributed by atoms with Crippen LogP contribution >= 0.6 is 11.3 Å². The van der Waals surface area contributed by atoms with Crippen LogP contribution in [0.2, 0.25) is 0 Å². The fourth-order valence-corrected chi connectivity index (χ4v) is 3.25. The Kier molecular flexibility index (Phi) is 4.50. The minimum Gasteiger partial charge on any atom is -0.497 e. The first-order valence-electron chi connectivity index (χ1n) is 7.05. The van der Waals surface area contributed by atoms with Gasteiger partial charge in [-0.1, -0.05) is 0 Å². The number of ether oxygens (including phenoxy) is 1. The molecule has 1 aromatic carbocycles. The number of hydrogen-bond donors (Lipinski definition) is 2. The Hall–Kier alpha value is -2.18. The van der Waals surface area contributed by atoms with Gasteiger partial charge in [-0.15, -0.1) is 11.3 Å². The first-order chi connectivity index (χ1) is 10.8. The van der Waals surface area contributed by atoms with Gasteiger partial charge in [0, 0.05) is 18.0 Å². The van der Waals surface area contributed by atoms with Gasteiger partial charge in [-0.05, 0) is 42.3 Å². The Bertz CT molecular complexity index is 756. The Labute approximate surface area is 132 Å². The molecule has 22 heavy (non-hydrogen) atoms. The van der Waals surface area contributed by atoms with E-state index in [-0.39, 0.29) is 6.61 Å². The summed E-state index contributed by atoms with van der Waals surface area (Å²) in [5.74, 6) is 1.67. The summed E-state index contributed by atoms with van der Waals surface area (Å²) in [5.41, 5.74) is 2.06. The zero-order chi connectivity index (χ0) is 15.4. The number of anilines is 1. The fraction of sp³-hybridized carbons (Fsp3) is 0.250. The SMILES string of the molecule is COc1ccc(-c2cc3ncnc(NCCCO)c3s2)cc1. The molecule has 0 fully saturated rings. The predicted octanol–water partition coefficient (Wildman–Crippen LogP) is 3.16. The van der Waals surface area contributed by atoms with Gasteiger partial charge in [-0.3, -0.25) is 0 Å². The van der Waals surface area contributed by atoms with Crippen molar-refractivity contribution in [3.63, 3.8) is 0 Å². The first kappa shape index (κ1) is 14.7. The van der Waals surface area contributed by atoms with Gasteiger partial charge in [-0.2, -0.15) is 0 Å². The van der Waals surface area contributed by atoms with Gasteiger partial charge in [0.25, 0.3) is 0 Å². The second-order valence-electron chi connectivity index (χ2n) is 4.78. The smallest absolute Gasteiger partial charge is 0.147 e. The standard InChI is InChI=1S/C16H17N3O2S/c1-21-12-5-3-11(4-6-12)14-9-13-15(22-14)16(19-10-18-13)17-7-2-8-20/h3-6,9-10,20H,2,7-8H2,1H3,(H,17,18,19). The number of aliphatic hydroxyl groups is 1. The molecule has 0 amide bonds. The molecule has 2 aromatic heterocycles. The number of fused-ring (bicyclic) bond motifs is 1. The number of nitrogens with one attached hydrogen (secondary N) is 1. The van der Waals surface area contributed by atoms with E-state index in [0.29, 0.717) is 13.0 Å². The molecule has 2 heterocycles. The van der Waals surface area contributed by atoms with E-state index in [9.17, 15) is 0 Å². The summed E-state index contributed by atoms with van der Waals surface area (Å²) in [6.45, 7) is 0.862. The lowest BCUT2D eigenvalue weighted by Gasteiger charge is -2.04. The third kappa shape index (κ3) is 3.03. The van der Waals surface area contributed by atoms with Crippen LogP contribution in [-0.4, -0.2) is 35.3 Å². The number of rotatable bonds is 6. The number of hydrogen-bond acceptors (Lipinski definition) is 6. The van der Waals surface area contributed by atoms with Gasteiger partial charge in [0.1, 0.15) is 17.9 Å². The third-order valence-corrected chi connectivity index (χ3v) is 4.49. The third-order valence-electron chi connectivity index (χ3n) is 3.31. The van der Waals surface area contributed by atoms with Crippen molar-refractivity contribution >= 4 is 27.4 Å². The summed E-state index contributed by atoms with van der Waals surface area (Å²) >= 11 is 1.66. The number of thiophene rings is 1. The summed E-state index contributed by atoms with van der Waals surface area (Å²) in [6.07, 6.45) is 2.26. The van der Waals surface area contributed by atoms with Gasteiger partial charge in [0.05, 0.1) is 17.3 Å². The van der Waals surface area contributed by atoms with Gasteiger partial charge >= 0.3 is 0 Å². The van der Waals surface area contributed by atoms with Crippen LogP contribution in [0.3, 0.4) is 0 Å². The predicted molar refractivity (Wildman–Crippen MR) is 89.6 cm³/mol. The summed E-state index contributed by atoms with van der Waals surface area (Å²) in [7, 11) is 1.66. The molecule has 0 radical (unpaired) electrons. The normalized spacial score (nSPS) is 10.8. The van der Waals surface area contributed by atoms with Crippen molar-refractivity contribution in [1.29, 1.82) is 0 Å². The van der Waals surface area contributed by atoms with Crippen LogP contribution in [0.1, 0.15) is 6.42 Å². The molecule has 0 aliphatic carbocycles. The molecule has 0 bridgehead atoms. The lowest BCUT2D eigenvalue weighted by Crippen LogP contribution is -2.05. The molecule has 0 aliphatic rings. The maximum Gasteiger partial charge on any atom is 0.147 e.